The lowest BCUT2D eigenvalue weighted by atomic mass is 10.1. The van der Waals surface area contributed by atoms with E-state index in [-0.39, 0.29) is 50.2 Å². The van der Waals surface area contributed by atoms with Gasteiger partial charge in [-0.3, -0.25) is 18.1 Å². The van der Waals surface area contributed by atoms with Gasteiger partial charge < -0.3 is 45.1 Å². The molecule has 4 amide bonds. The zero-order chi connectivity index (χ0) is 49.6. The zero-order valence-electron chi connectivity index (χ0n) is 39.8. The van der Waals surface area contributed by atoms with Crippen molar-refractivity contribution in [3.63, 3.8) is 0 Å². The van der Waals surface area contributed by atoms with E-state index >= 15 is 0 Å². The number of nitrogens with one attached hydrogen (secondary N) is 2. The average Bonchev–Trinajstić information content (AvgIpc) is 4.01. The predicted molar refractivity (Wildman–Crippen MR) is 261 cm³/mol. The molecule has 3 aromatic rings. The third-order valence-electron chi connectivity index (χ3n) is 10.6. The Hall–Kier alpha value is -4.82. The first kappa shape index (κ1) is 56.5. The van der Waals surface area contributed by atoms with Crippen LogP contribution < -0.4 is 16.4 Å². The van der Waals surface area contributed by atoms with E-state index in [0.29, 0.717) is 26.2 Å². The number of alkyl carbamates (subject to hydrolysis) is 2. The molecule has 3 aliphatic rings. The summed E-state index contributed by atoms with van der Waals surface area (Å²) in [5.41, 5.74) is 7.55. The molecule has 4 N–H and O–H groups in total. The van der Waals surface area contributed by atoms with Crippen molar-refractivity contribution < 1.29 is 51.3 Å². The van der Waals surface area contributed by atoms with Crippen LogP contribution in [0.4, 0.5) is 32.3 Å². The Kier molecular flexibility index (Phi) is 24.0. The Balaban J connectivity index is 0.000000264. The van der Waals surface area contributed by atoms with Gasteiger partial charge in [0, 0.05) is 69.6 Å². The molecule has 0 aliphatic carbocycles. The summed E-state index contributed by atoms with van der Waals surface area (Å²) < 4.78 is 59.9. The summed E-state index contributed by atoms with van der Waals surface area (Å²) in [6.07, 6.45) is -2.03. The van der Waals surface area contributed by atoms with Gasteiger partial charge in [0.1, 0.15) is 24.4 Å². The van der Waals surface area contributed by atoms with Crippen molar-refractivity contribution in [1.82, 2.24) is 25.3 Å². The Morgan fingerprint density at radius 2 is 0.940 bits per heavy atom. The summed E-state index contributed by atoms with van der Waals surface area (Å²) in [6, 6.07) is 27.8. The fourth-order valence-corrected chi connectivity index (χ4v) is 7.34. The SMILES string of the molecule is CC(C)(C)OC(=O)N[C@H]1CN(C(=O)OCc2ccccc2)C[C@H]1CF.CC(C)(C)OC(=O)N[C@H]1CN(Cc2ccccc2)C[C@H]1CF.CI.N[C@H]1CN(C(=O)OCc2ccccc2)C[C@H]1CF. The number of ether oxygens (including phenoxy) is 4. The van der Waals surface area contributed by atoms with Crippen molar-refractivity contribution in [3.8, 4) is 0 Å². The van der Waals surface area contributed by atoms with Crippen LogP contribution in [0.2, 0.25) is 0 Å². The van der Waals surface area contributed by atoms with Crippen LogP contribution in [-0.4, -0.2) is 133 Å². The highest BCUT2D eigenvalue weighted by molar-refractivity contribution is 14.1. The van der Waals surface area contributed by atoms with E-state index < -0.39 is 67.6 Å². The lowest BCUT2D eigenvalue weighted by molar-refractivity contribution is 0.0480. The Morgan fingerprint density at radius 1 is 0.567 bits per heavy atom. The van der Waals surface area contributed by atoms with Gasteiger partial charge in [-0.05, 0) is 63.2 Å². The second-order valence-electron chi connectivity index (χ2n) is 18.5. The summed E-state index contributed by atoms with van der Waals surface area (Å²) in [7, 11) is 0. The number of carbonyl (C=O) groups excluding carboxylic acids is 4. The lowest BCUT2D eigenvalue weighted by Crippen LogP contribution is -2.44. The predicted octanol–water partition coefficient (Wildman–Crippen LogP) is 8.70. The van der Waals surface area contributed by atoms with Gasteiger partial charge in [0.25, 0.3) is 0 Å². The molecule has 0 radical (unpaired) electrons. The molecule has 3 heterocycles. The molecule has 6 rings (SSSR count). The van der Waals surface area contributed by atoms with Gasteiger partial charge in [-0.2, -0.15) is 0 Å². The maximum Gasteiger partial charge on any atom is 0.410 e. The summed E-state index contributed by atoms with van der Waals surface area (Å²) in [5, 5.41) is 5.45. The third kappa shape index (κ3) is 20.9. The minimum absolute atomic E-state index is 0.153. The second-order valence-corrected chi connectivity index (χ2v) is 18.5. The number of amides is 4. The number of alkyl halides is 4. The molecule has 3 aliphatic heterocycles. The van der Waals surface area contributed by atoms with Crippen LogP contribution in [0, 0.1) is 17.8 Å². The summed E-state index contributed by atoms with van der Waals surface area (Å²) in [4.78, 5) is 54.7. The standard InChI is InChI=1S/C18H25FN2O4.C17H25FN2O2.C13H17FN2O2.CH3I/c1-18(2,3)25-16(22)20-15-11-21(10-14(15)9-19)17(23)24-12-13-7-5-4-6-8-13;1-17(2,3)22-16(21)19-15-12-20(11-14(15)9-18)10-13-7-5-4-6-8-13;14-6-11-7-16(8-12(11)15)13(17)18-9-10-4-2-1-3-5-10;1-2/h4-8,14-15H,9-12H2,1-3H3,(H,20,22);4-8,14-15H,9-12H2,1-3H3,(H,19,21);1-5,11-12H,6-9,15H2;1H3/t2*14-,15+;11-,12+;/m111./s1. The van der Waals surface area contributed by atoms with Crippen molar-refractivity contribution in [2.45, 2.75) is 90.6 Å². The zero-order valence-corrected chi connectivity index (χ0v) is 42.0. The molecule has 0 aromatic heterocycles. The van der Waals surface area contributed by atoms with Crippen LogP contribution in [0.5, 0.6) is 0 Å². The number of likely N-dealkylation sites (tertiary alicyclic amines) is 3. The van der Waals surface area contributed by atoms with Gasteiger partial charge in [-0.25, -0.2) is 19.2 Å². The molecule has 6 atom stereocenters. The maximum absolute atomic E-state index is 13.3. The number of hydrogen-bond acceptors (Lipinski definition) is 10. The van der Waals surface area contributed by atoms with Crippen LogP contribution in [0.3, 0.4) is 0 Å². The van der Waals surface area contributed by atoms with Gasteiger partial charge in [0.05, 0.1) is 32.1 Å². The Labute approximate surface area is 407 Å². The molecule has 3 saturated heterocycles. The van der Waals surface area contributed by atoms with Crippen molar-refractivity contribution in [1.29, 1.82) is 0 Å². The molecule has 3 aromatic carbocycles. The summed E-state index contributed by atoms with van der Waals surface area (Å²) in [5.74, 6) is -0.928. The molecule has 18 heteroatoms. The van der Waals surface area contributed by atoms with Crippen LogP contribution in [0.15, 0.2) is 91.0 Å². The van der Waals surface area contributed by atoms with Gasteiger partial charge in [-0.1, -0.05) is 114 Å². The first-order chi connectivity index (χ1) is 31.9. The average molecular weight is 1060 g/mol. The van der Waals surface area contributed by atoms with Crippen molar-refractivity contribution in [3.05, 3.63) is 108 Å². The Morgan fingerprint density at radius 3 is 1.34 bits per heavy atom. The fraction of sp³-hybridized carbons (Fsp3) is 0.551. The van der Waals surface area contributed by atoms with Crippen LogP contribution >= 0.6 is 22.6 Å². The van der Waals surface area contributed by atoms with Gasteiger partial charge >= 0.3 is 24.4 Å². The molecule has 14 nitrogen and oxygen atoms in total. The van der Waals surface area contributed by atoms with E-state index in [0.717, 1.165) is 17.7 Å². The number of hydrogen-bond donors (Lipinski definition) is 3. The number of benzene rings is 3. The van der Waals surface area contributed by atoms with E-state index in [2.05, 4.69) is 50.3 Å². The third-order valence-corrected chi connectivity index (χ3v) is 10.6. The highest BCUT2D eigenvalue weighted by Gasteiger charge is 2.38. The van der Waals surface area contributed by atoms with Crippen molar-refractivity contribution in [2.75, 3.05) is 64.2 Å². The number of halogens is 4. The highest BCUT2D eigenvalue weighted by atomic mass is 127. The minimum atomic E-state index is -0.637. The van der Waals surface area contributed by atoms with E-state index in [4.69, 9.17) is 24.7 Å². The number of nitrogens with two attached hydrogens (primary N) is 1. The maximum atomic E-state index is 13.3. The van der Waals surface area contributed by atoms with Gasteiger partial charge in [0.2, 0.25) is 0 Å². The van der Waals surface area contributed by atoms with Crippen molar-refractivity contribution >= 4 is 47.0 Å². The largest absolute Gasteiger partial charge is 0.445 e. The first-order valence-corrected chi connectivity index (χ1v) is 24.5. The monoisotopic (exact) mass is 1050 g/mol. The molecule has 0 spiro atoms. The highest BCUT2D eigenvalue weighted by Crippen LogP contribution is 2.22. The van der Waals surface area contributed by atoms with E-state index in [1.807, 2.05) is 105 Å². The summed E-state index contributed by atoms with van der Waals surface area (Å²) in [6.45, 7) is 12.7. The van der Waals surface area contributed by atoms with Gasteiger partial charge in [0.15, 0.2) is 0 Å². The van der Waals surface area contributed by atoms with E-state index in [1.54, 1.807) is 20.8 Å². The molecule has 3 fully saturated rings. The minimum Gasteiger partial charge on any atom is -0.445 e. The summed E-state index contributed by atoms with van der Waals surface area (Å²) >= 11 is 2.15. The quantitative estimate of drug-likeness (QED) is 0.0962. The van der Waals surface area contributed by atoms with Crippen molar-refractivity contribution in [2.24, 2.45) is 23.5 Å². The molecule has 0 unspecified atom stereocenters. The molecular weight excluding hydrogens is 984 g/mol. The fourth-order valence-electron chi connectivity index (χ4n) is 7.34. The molecular formula is C49H70F3IN6O8. The molecule has 0 bridgehead atoms. The Bertz CT molecular complexity index is 1920. The van der Waals surface area contributed by atoms with Crippen LogP contribution in [0.25, 0.3) is 0 Å². The lowest BCUT2D eigenvalue weighted by Gasteiger charge is -2.23. The molecule has 0 saturated carbocycles. The number of carbonyl (C=O) groups is 4. The molecule has 372 valence electrons. The topological polar surface area (TPSA) is 165 Å². The van der Waals surface area contributed by atoms with Gasteiger partial charge in [-0.15, -0.1) is 0 Å². The van der Waals surface area contributed by atoms with Crippen LogP contribution in [-0.2, 0) is 38.7 Å². The first-order valence-electron chi connectivity index (χ1n) is 22.3. The van der Waals surface area contributed by atoms with E-state index in [1.165, 1.54) is 15.4 Å². The smallest absolute Gasteiger partial charge is 0.410 e. The van der Waals surface area contributed by atoms with E-state index in [9.17, 15) is 32.3 Å². The second kappa shape index (κ2) is 28.5. The number of rotatable bonds is 11. The normalized spacial score (nSPS) is 21.3. The van der Waals surface area contributed by atoms with Crippen LogP contribution in [0.1, 0.15) is 58.2 Å². The number of nitrogens with zero attached hydrogens (tertiary/aromatic N) is 3. The molecule has 67 heavy (non-hydrogen) atoms.